The summed E-state index contributed by atoms with van der Waals surface area (Å²) in [5.74, 6) is -1.15. The molecule has 10 heteroatoms. The number of imidazole rings is 1. The van der Waals surface area contributed by atoms with Gasteiger partial charge in [0.2, 0.25) is 0 Å². The van der Waals surface area contributed by atoms with E-state index in [0.29, 0.717) is 17.2 Å². The molecule has 4 aromatic rings. The van der Waals surface area contributed by atoms with E-state index in [-0.39, 0.29) is 11.3 Å². The molecule has 10 nitrogen and oxygen atoms in total. The van der Waals surface area contributed by atoms with E-state index in [2.05, 4.69) is 30.2 Å². The second-order valence-corrected chi connectivity index (χ2v) is 7.18. The van der Waals surface area contributed by atoms with Crippen LogP contribution in [0.2, 0.25) is 0 Å². The van der Waals surface area contributed by atoms with E-state index in [0.717, 1.165) is 42.5 Å². The number of aromatic amines is 1. The van der Waals surface area contributed by atoms with Gasteiger partial charge in [0.15, 0.2) is 0 Å². The van der Waals surface area contributed by atoms with Gasteiger partial charge < -0.3 is 20.2 Å². The smallest absolute Gasteiger partial charge is 0.339 e. The van der Waals surface area contributed by atoms with Crippen LogP contribution in [0.15, 0.2) is 46.9 Å². The lowest BCUT2D eigenvalue weighted by molar-refractivity contribution is 0.0693. The summed E-state index contributed by atoms with van der Waals surface area (Å²) in [6, 6.07) is 6.04. The summed E-state index contributed by atoms with van der Waals surface area (Å²) in [4.78, 5) is 23.4. The number of hydrogen-bond donors (Lipinski definition) is 3. The Bertz CT molecular complexity index is 1280. The summed E-state index contributed by atoms with van der Waals surface area (Å²) >= 11 is 0. The number of azo groups is 1. The minimum absolute atomic E-state index is 0.228. The highest BCUT2D eigenvalue weighted by Crippen LogP contribution is 2.31. The average molecular weight is 405 g/mol. The molecule has 1 aromatic carbocycles. The number of aromatic hydroxyl groups is 1. The van der Waals surface area contributed by atoms with Crippen molar-refractivity contribution >= 4 is 39.7 Å². The predicted molar refractivity (Wildman–Crippen MR) is 110 cm³/mol. The van der Waals surface area contributed by atoms with Crippen molar-refractivity contribution in [3.8, 4) is 5.75 Å². The molecule has 30 heavy (non-hydrogen) atoms. The second-order valence-electron chi connectivity index (χ2n) is 7.18. The number of hydrogen-bond acceptors (Lipinski definition) is 7. The number of aromatic carboxylic acids is 1. The van der Waals surface area contributed by atoms with Gasteiger partial charge in [0.1, 0.15) is 28.0 Å². The highest BCUT2D eigenvalue weighted by Gasteiger charge is 2.21. The Hall–Kier alpha value is -3.95. The van der Waals surface area contributed by atoms with Crippen molar-refractivity contribution in [2.75, 3.05) is 18.1 Å². The summed E-state index contributed by atoms with van der Waals surface area (Å²) in [6.45, 7) is 1.76. The molecule has 1 saturated heterocycles. The fourth-order valence-corrected chi connectivity index (χ4v) is 3.81. The van der Waals surface area contributed by atoms with Crippen LogP contribution in [0.25, 0.3) is 22.1 Å². The number of phenols is 1. The van der Waals surface area contributed by atoms with E-state index >= 15 is 0 Å². The van der Waals surface area contributed by atoms with Crippen molar-refractivity contribution in [2.24, 2.45) is 10.2 Å². The molecule has 3 N–H and O–H groups in total. The van der Waals surface area contributed by atoms with Gasteiger partial charge in [-0.1, -0.05) is 0 Å². The van der Waals surface area contributed by atoms with Gasteiger partial charge in [-0.25, -0.2) is 19.4 Å². The zero-order valence-corrected chi connectivity index (χ0v) is 16.0. The third-order valence-electron chi connectivity index (χ3n) is 5.24. The molecule has 0 amide bonds. The van der Waals surface area contributed by atoms with Crippen LogP contribution in [0.1, 0.15) is 29.6 Å². The number of pyridine rings is 1. The molecule has 5 rings (SSSR count). The van der Waals surface area contributed by atoms with E-state index < -0.39 is 5.97 Å². The van der Waals surface area contributed by atoms with Crippen molar-refractivity contribution in [1.82, 2.24) is 19.6 Å². The van der Waals surface area contributed by atoms with E-state index in [4.69, 9.17) is 0 Å². The fourth-order valence-electron chi connectivity index (χ4n) is 3.81. The number of H-pyrrole nitrogens is 1. The normalized spacial score (nSPS) is 14.9. The van der Waals surface area contributed by atoms with Crippen molar-refractivity contribution in [1.29, 1.82) is 0 Å². The molecular formula is C20H19N7O3. The monoisotopic (exact) mass is 405 g/mol. The number of fused-ring (bicyclic) bond motifs is 3. The average Bonchev–Trinajstić information content (AvgIpc) is 3.37. The van der Waals surface area contributed by atoms with Gasteiger partial charge in [-0.2, -0.15) is 0 Å². The molecule has 0 bridgehead atoms. The van der Waals surface area contributed by atoms with Gasteiger partial charge in [0.05, 0.1) is 11.9 Å². The first-order chi connectivity index (χ1) is 14.6. The Kier molecular flexibility index (Phi) is 4.31. The molecule has 0 radical (unpaired) electrons. The van der Waals surface area contributed by atoms with Crippen LogP contribution < -0.4 is 5.01 Å². The highest BCUT2D eigenvalue weighted by molar-refractivity contribution is 6.02. The van der Waals surface area contributed by atoms with Gasteiger partial charge >= 0.3 is 5.97 Å². The molecular weight excluding hydrogens is 386 g/mol. The number of rotatable bonds is 4. The standard InChI is InChI=1S/C20H19N7O3/c28-16-5-4-12(10-14(16)19(29)30)24-25-20-23-15-11-22-18-13(6-7-21-18)17(15)27(20)26-8-2-1-3-9-26/h4-7,10-11,28H,1-3,8-9H2,(H,21,22)(H,29,30)/b25-24+. The van der Waals surface area contributed by atoms with Crippen LogP contribution in [-0.2, 0) is 0 Å². The summed E-state index contributed by atoms with van der Waals surface area (Å²) in [7, 11) is 0. The van der Waals surface area contributed by atoms with Crippen molar-refractivity contribution in [3.05, 3.63) is 42.2 Å². The van der Waals surface area contributed by atoms with E-state index in [9.17, 15) is 15.0 Å². The Morgan fingerprint density at radius 1 is 1.13 bits per heavy atom. The number of carbonyl (C=O) groups is 1. The number of nitrogens with one attached hydrogen (secondary N) is 1. The topological polar surface area (TPSA) is 132 Å². The van der Waals surface area contributed by atoms with Crippen LogP contribution in [-0.4, -0.2) is 48.9 Å². The quantitative estimate of drug-likeness (QED) is 0.442. The number of piperidine rings is 1. The molecule has 1 fully saturated rings. The van der Waals surface area contributed by atoms with Crippen LogP contribution >= 0.6 is 0 Å². The fraction of sp³-hybridized carbons (Fsp3) is 0.250. The lowest BCUT2D eigenvalue weighted by Crippen LogP contribution is -2.38. The van der Waals surface area contributed by atoms with E-state index in [1.807, 2.05) is 16.9 Å². The molecule has 0 saturated carbocycles. The number of aromatic nitrogens is 4. The van der Waals surface area contributed by atoms with E-state index in [1.54, 1.807) is 6.20 Å². The summed E-state index contributed by atoms with van der Waals surface area (Å²) in [5, 5.41) is 30.6. The Morgan fingerprint density at radius 2 is 1.97 bits per heavy atom. The van der Waals surface area contributed by atoms with Gasteiger partial charge in [-0.3, -0.25) is 0 Å². The molecule has 1 aliphatic rings. The SMILES string of the molecule is O=C(O)c1cc(/N=N/c2nc3cnc4[nH]ccc4c3n2N2CCCCC2)ccc1O. The van der Waals surface area contributed by atoms with Crippen LogP contribution in [0.3, 0.4) is 0 Å². The van der Waals surface area contributed by atoms with Crippen LogP contribution in [0.4, 0.5) is 11.6 Å². The molecule has 1 aliphatic heterocycles. The molecule has 4 heterocycles. The first kappa shape index (κ1) is 18.1. The summed E-state index contributed by atoms with van der Waals surface area (Å²) in [6.07, 6.45) is 6.90. The Balaban J connectivity index is 1.64. The number of carboxylic acids is 1. The van der Waals surface area contributed by atoms with Gasteiger partial charge in [0, 0.05) is 24.7 Å². The minimum Gasteiger partial charge on any atom is -0.507 e. The number of nitrogens with zero attached hydrogens (tertiary/aromatic N) is 6. The van der Waals surface area contributed by atoms with Crippen LogP contribution in [0, 0.1) is 0 Å². The maximum Gasteiger partial charge on any atom is 0.339 e. The van der Waals surface area contributed by atoms with Crippen LogP contribution in [0.5, 0.6) is 5.75 Å². The summed E-state index contributed by atoms with van der Waals surface area (Å²) in [5.41, 5.74) is 2.47. The molecule has 3 aromatic heterocycles. The number of benzene rings is 1. The molecule has 152 valence electrons. The Morgan fingerprint density at radius 3 is 2.77 bits per heavy atom. The highest BCUT2D eigenvalue weighted by atomic mass is 16.4. The van der Waals surface area contributed by atoms with Gasteiger partial charge in [-0.15, -0.1) is 10.2 Å². The first-order valence-electron chi connectivity index (χ1n) is 9.69. The summed E-state index contributed by atoms with van der Waals surface area (Å²) < 4.78 is 1.98. The lowest BCUT2D eigenvalue weighted by atomic mass is 10.2. The molecule has 0 unspecified atom stereocenters. The van der Waals surface area contributed by atoms with Crippen molar-refractivity contribution < 1.29 is 15.0 Å². The number of carboxylic acid groups (broad SMARTS) is 1. The van der Waals surface area contributed by atoms with Gasteiger partial charge in [-0.05, 0) is 43.5 Å². The zero-order valence-electron chi connectivity index (χ0n) is 16.0. The maximum atomic E-state index is 11.3. The van der Waals surface area contributed by atoms with Gasteiger partial charge in [0.25, 0.3) is 5.95 Å². The maximum absolute atomic E-state index is 11.3. The van der Waals surface area contributed by atoms with Crippen molar-refractivity contribution in [2.45, 2.75) is 19.3 Å². The largest absolute Gasteiger partial charge is 0.507 e. The molecule has 0 spiro atoms. The van der Waals surface area contributed by atoms with E-state index in [1.165, 1.54) is 24.6 Å². The third kappa shape index (κ3) is 3.02. The first-order valence-corrected chi connectivity index (χ1v) is 9.69. The lowest BCUT2D eigenvalue weighted by Gasteiger charge is -2.30. The second kappa shape index (κ2) is 7.14. The molecule has 0 aliphatic carbocycles. The molecule has 0 atom stereocenters. The van der Waals surface area contributed by atoms with Crippen molar-refractivity contribution in [3.63, 3.8) is 0 Å². The minimum atomic E-state index is -1.23. The Labute approximate surface area is 170 Å². The predicted octanol–water partition coefficient (Wildman–Crippen LogP) is 3.85. The third-order valence-corrected chi connectivity index (χ3v) is 5.24. The zero-order chi connectivity index (χ0) is 20.7.